The van der Waals surface area contributed by atoms with E-state index < -0.39 is 0 Å². The van der Waals surface area contributed by atoms with Crippen molar-refractivity contribution in [3.05, 3.63) is 113 Å². The standard InChI is InChI=1S/C26H21N3O2/c1-31-23-15-9-8-14-20(23)25-22(16-18-10-4-2-5-11-18)28-29-24(30)17-21(27-26(25)29)19-12-6-3-7-13-19/h2-15,17,28H,16H2,1H3. The lowest BCUT2D eigenvalue weighted by Crippen LogP contribution is -2.14. The van der Waals surface area contributed by atoms with Crippen LogP contribution in [-0.2, 0) is 6.42 Å². The molecule has 0 aliphatic rings. The Bertz CT molecular complexity index is 1400. The molecule has 2 aromatic heterocycles. The molecule has 0 bridgehead atoms. The molecule has 0 saturated carbocycles. The zero-order valence-corrected chi connectivity index (χ0v) is 17.1. The van der Waals surface area contributed by atoms with Gasteiger partial charge in [-0.2, -0.15) is 0 Å². The van der Waals surface area contributed by atoms with Gasteiger partial charge in [-0.25, -0.2) is 9.50 Å². The molecule has 0 spiro atoms. The summed E-state index contributed by atoms with van der Waals surface area (Å²) in [5, 5.41) is 3.30. The van der Waals surface area contributed by atoms with Gasteiger partial charge >= 0.3 is 0 Å². The first-order valence-corrected chi connectivity index (χ1v) is 10.1. The van der Waals surface area contributed by atoms with Crippen LogP contribution >= 0.6 is 0 Å². The third kappa shape index (κ3) is 3.51. The molecule has 0 aliphatic heterocycles. The molecule has 152 valence electrons. The van der Waals surface area contributed by atoms with Gasteiger partial charge in [0.2, 0.25) is 0 Å². The minimum Gasteiger partial charge on any atom is -0.496 e. The van der Waals surface area contributed by atoms with Gasteiger partial charge in [-0.1, -0.05) is 78.9 Å². The van der Waals surface area contributed by atoms with Gasteiger partial charge in [0.25, 0.3) is 5.56 Å². The highest BCUT2D eigenvalue weighted by Gasteiger charge is 2.20. The van der Waals surface area contributed by atoms with Crippen LogP contribution in [0.1, 0.15) is 11.3 Å². The first-order chi connectivity index (χ1) is 15.2. The number of benzene rings is 3. The number of hydrogen-bond donors (Lipinski definition) is 1. The normalized spacial score (nSPS) is 11.0. The Morgan fingerprint density at radius 2 is 1.58 bits per heavy atom. The number of nitrogens with zero attached hydrogens (tertiary/aromatic N) is 2. The second-order valence-electron chi connectivity index (χ2n) is 7.33. The second-order valence-corrected chi connectivity index (χ2v) is 7.33. The van der Waals surface area contributed by atoms with Crippen LogP contribution in [0.25, 0.3) is 28.0 Å². The molecule has 3 aromatic carbocycles. The topological polar surface area (TPSA) is 59.4 Å². The van der Waals surface area contributed by atoms with Crippen LogP contribution in [0, 0.1) is 0 Å². The SMILES string of the molecule is COc1ccccc1-c1c(Cc2ccccc2)[nH]n2c(=O)cc(-c3ccccc3)nc12. The number of methoxy groups -OCH3 is 1. The van der Waals surface area contributed by atoms with E-state index in [0.29, 0.717) is 17.8 Å². The molecule has 0 unspecified atom stereocenters. The van der Waals surface area contributed by atoms with Crippen molar-refractivity contribution in [3.8, 4) is 28.1 Å². The van der Waals surface area contributed by atoms with Crippen molar-refractivity contribution in [1.29, 1.82) is 0 Å². The fourth-order valence-electron chi connectivity index (χ4n) is 3.90. The molecular weight excluding hydrogens is 386 g/mol. The van der Waals surface area contributed by atoms with Gasteiger partial charge in [-0.15, -0.1) is 0 Å². The maximum atomic E-state index is 13.0. The zero-order valence-electron chi connectivity index (χ0n) is 17.1. The molecule has 2 heterocycles. The van der Waals surface area contributed by atoms with Crippen molar-refractivity contribution in [2.75, 3.05) is 7.11 Å². The van der Waals surface area contributed by atoms with E-state index in [4.69, 9.17) is 9.72 Å². The van der Waals surface area contributed by atoms with Gasteiger partial charge in [0.1, 0.15) is 5.75 Å². The minimum absolute atomic E-state index is 0.153. The Morgan fingerprint density at radius 1 is 0.903 bits per heavy atom. The quantitative estimate of drug-likeness (QED) is 0.448. The summed E-state index contributed by atoms with van der Waals surface area (Å²) in [7, 11) is 1.65. The number of H-pyrrole nitrogens is 1. The van der Waals surface area contributed by atoms with E-state index in [0.717, 1.165) is 33.7 Å². The fraction of sp³-hybridized carbons (Fsp3) is 0.0769. The Morgan fingerprint density at radius 3 is 2.32 bits per heavy atom. The van der Waals surface area contributed by atoms with Crippen LogP contribution in [0.3, 0.4) is 0 Å². The lowest BCUT2D eigenvalue weighted by Gasteiger charge is -2.09. The predicted octanol–water partition coefficient (Wildman–Crippen LogP) is 4.96. The summed E-state index contributed by atoms with van der Waals surface area (Å²) in [5.41, 5.74) is 5.79. The lowest BCUT2D eigenvalue weighted by atomic mass is 10.00. The van der Waals surface area contributed by atoms with Gasteiger partial charge in [-0.05, 0) is 11.6 Å². The highest BCUT2D eigenvalue weighted by Crippen LogP contribution is 2.35. The molecule has 0 aliphatic carbocycles. The van der Waals surface area contributed by atoms with Gasteiger partial charge < -0.3 is 4.74 Å². The number of nitrogens with one attached hydrogen (secondary N) is 1. The van der Waals surface area contributed by atoms with Crippen molar-refractivity contribution in [2.24, 2.45) is 0 Å². The summed E-state index contributed by atoms with van der Waals surface area (Å²) in [6.07, 6.45) is 0.637. The molecule has 5 nitrogen and oxygen atoms in total. The first kappa shape index (κ1) is 18.9. The Hall–Kier alpha value is -4.12. The maximum Gasteiger partial charge on any atom is 0.273 e. The van der Waals surface area contributed by atoms with E-state index in [2.05, 4.69) is 17.2 Å². The number of aromatic nitrogens is 3. The van der Waals surface area contributed by atoms with Crippen molar-refractivity contribution in [1.82, 2.24) is 14.6 Å². The van der Waals surface area contributed by atoms with Crippen LogP contribution in [0.4, 0.5) is 0 Å². The summed E-state index contributed by atoms with van der Waals surface area (Å²) in [5.74, 6) is 0.734. The average molecular weight is 407 g/mol. The minimum atomic E-state index is -0.153. The number of para-hydroxylation sites is 1. The molecular formula is C26H21N3O2. The van der Waals surface area contributed by atoms with E-state index >= 15 is 0 Å². The van der Waals surface area contributed by atoms with Crippen LogP contribution < -0.4 is 10.3 Å². The summed E-state index contributed by atoms with van der Waals surface area (Å²) in [6.45, 7) is 0. The van der Waals surface area contributed by atoms with Gasteiger partial charge in [0, 0.05) is 29.3 Å². The van der Waals surface area contributed by atoms with Crippen LogP contribution in [0.2, 0.25) is 0 Å². The van der Waals surface area contributed by atoms with E-state index in [1.165, 1.54) is 4.52 Å². The third-order valence-electron chi connectivity index (χ3n) is 5.36. The molecule has 1 N–H and O–H groups in total. The smallest absolute Gasteiger partial charge is 0.273 e. The molecule has 5 heteroatoms. The summed E-state index contributed by atoms with van der Waals surface area (Å²) < 4.78 is 7.16. The lowest BCUT2D eigenvalue weighted by molar-refractivity contribution is 0.416. The molecule has 0 saturated heterocycles. The molecule has 0 amide bonds. The summed E-state index contributed by atoms with van der Waals surface area (Å²) in [6, 6.07) is 29.3. The number of fused-ring (bicyclic) bond motifs is 1. The van der Waals surface area contributed by atoms with E-state index in [1.807, 2.05) is 72.8 Å². The Kier molecular flexibility index (Phi) is 4.84. The molecule has 31 heavy (non-hydrogen) atoms. The molecule has 5 rings (SSSR count). The third-order valence-corrected chi connectivity index (χ3v) is 5.36. The second kappa shape index (κ2) is 7.95. The van der Waals surface area contributed by atoms with Gasteiger partial charge in [0.05, 0.1) is 18.4 Å². The Labute approximate surface area is 179 Å². The molecule has 5 aromatic rings. The van der Waals surface area contributed by atoms with E-state index in [1.54, 1.807) is 13.2 Å². The van der Waals surface area contributed by atoms with Crippen LogP contribution in [-0.4, -0.2) is 21.7 Å². The van der Waals surface area contributed by atoms with E-state index in [-0.39, 0.29) is 5.56 Å². The van der Waals surface area contributed by atoms with Gasteiger partial charge in [-0.3, -0.25) is 9.89 Å². The van der Waals surface area contributed by atoms with Crippen molar-refractivity contribution >= 4 is 5.65 Å². The number of aromatic amines is 1. The average Bonchev–Trinajstić information content (AvgIpc) is 3.18. The van der Waals surface area contributed by atoms with Crippen LogP contribution in [0.5, 0.6) is 5.75 Å². The molecule has 0 atom stereocenters. The Balaban J connectivity index is 1.80. The van der Waals surface area contributed by atoms with Crippen molar-refractivity contribution in [2.45, 2.75) is 6.42 Å². The predicted molar refractivity (Wildman–Crippen MR) is 122 cm³/mol. The van der Waals surface area contributed by atoms with E-state index in [9.17, 15) is 4.79 Å². The number of ether oxygens (including phenoxy) is 1. The fourth-order valence-corrected chi connectivity index (χ4v) is 3.90. The largest absolute Gasteiger partial charge is 0.496 e. The zero-order chi connectivity index (χ0) is 21.2. The summed E-state index contributed by atoms with van der Waals surface area (Å²) >= 11 is 0. The number of rotatable bonds is 5. The van der Waals surface area contributed by atoms with Crippen molar-refractivity contribution in [3.63, 3.8) is 0 Å². The first-order valence-electron chi connectivity index (χ1n) is 10.1. The maximum absolute atomic E-state index is 13.0. The highest BCUT2D eigenvalue weighted by molar-refractivity contribution is 5.85. The summed E-state index contributed by atoms with van der Waals surface area (Å²) in [4.78, 5) is 17.9. The monoisotopic (exact) mass is 407 g/mol. The van der Waals surface area contributed by atoms with Gasteiger partial charge in [0.15, 0.2) is 5.65 Å². The van der Waals surface area contributed by atoms with Crippen molar-refractivity contribution < 1.29 is 4.74 Å². The van der Waals surface area contributed by atoms with Crippen LogP contribution in [0.15, 0.2) is 95.8 Å². The highest BCUT2D eigenvalue weighted by atomic mass is 16.5. The molecule has 0 fully saturated rings. The number of hydrogen-bond acceptors (Lipinski definition) is 3. The molecule has 0 radical (unpaired) electrons.